The predicted molar refractivity (Wildman–Crippen MR) is 66.2 cm³/mol. The van der Waals surface area contributed by atoms with E-state index in [0.29, 0.717) is 11.1 Å². The normalized spacial score (nSPS) is 14.4. The molecule has 92 valence electrons. The quantitative estimate of drug-likeness (QED) is 0.863. The van der Waals surface area contributed by atoms with Crippen LogP contribution in [0.3, 0.4) is 0 Å². The summed E-state index contributed by atoms with van der Waals surface area (Å²) in [5.74, 6) is -0.221. The summed E-state index contributed by atoms with van der Waals surface area (Å²) in [5.41, 5.74) is 7.09. The van der Waals surface area contributed by atoms with E-state index in [1.54, 1.807) is 19.1 Å². The second-order valence-electron chi connectivity index (χ2n) is 4.21. The Balaban J connectivity index is 0.00000225. The average molecular weight is 248 g/mol. The molecule has 0 aliphatic carbocycles. The van der Waals surface area contributed by atoms with Crippen molar-refractivity contribution in [2.24, 2.45) is 11.7 Å². The minimum atomic E-state index is -0.648. The van der Waals surface area contributed by atoms with Crippen molar-refractivity contribution in [3.8, 4) is 0 Å². The molecule has 2 nitrogen and oxygen atoms in total. The molecule has 0 bridgehead atoms. The lowest BCUT2D eigenvalue weighted by molar-refractivity contribution is 0.0976. The third-order valence-corrected chi connectivity index (χ3v) is 2.72. The first kappa shape index (κ1) is 15.4. The van der Waals surface area contributed by atoms with Gasteiger partial charge in [-0.25, -0.2) is 4.39 Å². The summed E-state index contributed by atoms with van der Waals surface area (Å²) in [6.07, 6.45) is -0.648. The summed E-state index contributed by atoms with van der Waals surface area (Å²) in [7, 11) is 0. The van der Waals surface area contributed by atoms with E-state index >= 15 is 0 Å². The molecular formula is C12H19ClFNO. The molecule has 0 aliphatic heterocycles. The lowest BCUT2D eigenvalue weighted by Crippen LogP contribution is -2.31. The molecule has 3 N–H and O–H groups in total. The van der Waals surface area contributed by atoms with Crippen LogP contribution in [-0.4, -0.2) is 11.2 Å². The Labute approximate surface area is 102 Å². The van der Waals surface area contributed by atoms with Gasteiger partial charge in [0, 0.05) is 0 Å². The zero-order valence-electron chi connectivity index (χ0n) is 9.77. The lowest BCUT2D eigenvalue weighted by atomic mass is 9.92. The van der Waals surface area contributed by atoms with E-state index in [9.17, 15) is 9.50 Å². The zero-order valence-corrected chi connectivity index (χ0v) is 10.6. The molecule has 1 aromatic carbocycles. The number of aliphatic hydroxyl groups excluding tert-OH is 1. The lowest BCUT2D eigenvalue weighted by Gasteiger charge is -2.23. The van der Waals surface area contributed by atoms with E-state index in [-0.39, 0.29) is 24.1 Å². The number of benzene rings is 1. The van der Waals surface area contributed by atoms with Gasteiger partial charge in [0.1, 0.15) is 5.82 Å². The number of hydrogen-bond donors (Lipinski definition) is 2. The van der Waals surface area contributed by atoms with Crippen LogP contribution < -0.4 is 5.73 Å². The molecule has 0 unspecified atom stereocenters. The first-order valence-corrected chi connectivity index (χ1v) is 5.13. The van der Waals surface area contributed by atoms with Crippen LogP contribution in [0.25, 0.3) is 0 Å². The maximum atomic E-state index is 13.3. The van der Waals surface area contributed by atoms with Gasteiger partial charge < -0.3 is 10.8 Å². The molecule has 16 heavy (non-hydrogen) atoms. The van der Waals surface area contributed by atoms with Gasteiger partial charge in [-0.3, -0.25) is 0 Å². The Morgan fingerprint density at radius 3 is 2.38 bits per heavy atom. The van der Waals surface area contributed by atoms with Crippen LogP contribution in [0.4, 0.5) is 4.39 Å². The van der Waals surface area contributed by atoms with E-state index in [0.717, 1.165) is 0 Å². The van der Waals surface area contributed by atoms with Gasteiger partial charge in [-0.2, -0.15) is 0 Å². The maximum absolute atomic E-state index is 13.3. The van der Waals surface area contributed by atoms with E-state index in [2.05, 4.69) is 0 Å². The summed E-state index contributed by atoms with van der Waals surface area (Å²) < 4.78 is 13.3. The minimum Gasteiger partial charge on any atom is -0.391 e. The van der Waals surface area contributed by atoms with Crippen LogP contribution in [0.15, 0.2) is 18.2 Å². The highest BCUT2D eigenvalue weighted by molar-refractivity contribution is 5.85. The fourth-order valence-corrected chi connectivity index (χ4v) is 1.58. The van der Waals surface area contributed by atoms with Gasteiger partial charge >= 0.3 is 0 Å². The number of hydrogen-bond acceptors (Lipinski definition) is 2. The van der Waals surface area contributed by atoms with Gasteiger partial charge in [0.15, 0.2) is 0 Å². The minimum absolute atomic E-state index is 0. The fourth-order valence-electron chi connectivity index (χ4n) is 1.58. The summed E-state index contributed by atoms with van der Waals surface area (Å²) in [5, 5.41) is 9.82. The molecule has 0 heterocycles. The topological polar surface area (TPSA) is 46.2 Å². The molecule has 4 heteroatoms. The third-order valence-electron chi connectivity index (χ3n) is 2.72. The molecule has 0 aromatic heterocycles. The summed E-state index contributed by atoms with van der Waals surface area (Å²) >= 11 is 0. The van der Waals surface area contributed by atoms with Crippen LogP contribution in [0.2, 0.25) is 0 Å². The van der Waals surface area contributed by atoms with Crippen molar-refractivity contribution in [3.63, 3.8) is 0 Å². The summed E-state index contributed by atoms with van der Waals surface area (Å²) in [6.45, 7) is 5.45. The van der Waals surface area contributed by atoms with Crippen LogP contribution >= 0.6 is 12.4 Å². The molecule has 0 saturated heterocycles. The Morgan fingerprint density at radius 1 is 1.31 bits per heavy atom. The second-order valence-corrected chi connectivity index (χ2v) is 4.21. The highest BCUT2D eigenvalue weighted by Crippen LogP contribution is 2.23. The van der Waals surface area contributed by atoms with Crippen LogP contribution in [0.5, 0.6) is 0 Å². The SMILES string of the molecule is Cc1c(F)cccc1[C@H](N)[C@H](O)C(C)C.Cl. The number of halogens is 2. The van der Waals surface area contributed by atoms with E-state index in [1.165, 1.54) is 6.07 Å². The molecule has 0 radical (unpaired) electrons. The first-order valence-electron chi connectivity index (χ1n) is 5.13. The van der Waals surface area contributed by atoms with Crippen molar-refractivity contribution in [2.45, 2.75) is 32.9 Å². The Bertz CT molecular complexity index is 344. The molecule has 1 rings (SSSR count). The molecule has 2 atom stereocenters. The smallest absolute Gasteiger partial charge is 0.126 e. The number of aliphatic hydroxyl groups is 1. The van der Waals surface area contributed by atoms with Crippen molar-refractivity contribution in [3.05, 3.63) is 35.1 Å². The monoisotopic (exact) mass is 247 g/mol. The fraction of sp³-hybridized carbons (Fsp3) is 0.500. The Hall–Kier alpha value is -0.640. The van der Waals surface area contributed by atoms with Gasteiger partial charge in [0.25, 0.3) is 0 Å². The maximum Gasteiger partial charge on any atom is 0.126 e. The van der Waals surface area contributed by atoms with Crippen molar-refractivity contribution in [1.82, 2.24) is 0 Å². The van der Waals surface area contributed by atoms with Gasteiger partial charge in [0.05, 0.1) is 12.1 Å². The summed E-state index contributed by atoms with van der Waals surface area (Å²) in [4.78, 5) is 0. The number of rotatable bonds is 3. The second kappa shape index (κ2) is 6.18. The van der Waals surface area contributed by atoms with Crippen LogP contribution in [-0.2, 0) is 0 Å². The van der Waals surface area contributed by atoms with Gasteiger partial charge in [-0.15, -0.1) is 12.4 Å². The number of nitrogens with two attached hydrogens (primary N) is 1. The van der Waals surface area contributed by atoms with Gasteiger partial charge in [0.2, 0.25) is 0 Å². The average Bonchev–Trinajstić information content (AvgIpc) is 2.20. The van der Waals surface area contributed by atoms with Crippen LogP contribution in [0.1, 0.15) is 31.0 Å². The van der Waals surface area contributed by atoms with Crippen molar-refractivity contribution < 1.29 is 9.50 Å². The van der Waals surface area contributed by atoms with E-state index in [1.807, 2.05) is 13.8 Å². The standard InChI is InChI=1S/C12H18FNO.ClH/c1-7(2)12(15)11(14)9-5-4-6-10(13)8(9)3;/h4-7,11-12,15H,14H2,1-3H3;1H/t11-,12+;/m0./s1. The molecule has 0 amide bonds. The Kier molecular flexibility index (Phi) is 5.94. The molecule has 0 aliphatic rings. The van der Waals surface area contributed by atoms with E-state index in [4.69, 9.17) is 5.73 Å². The molecular weight excluding hydrogens is 229 g/mol. The van der Waals surface area contributed by atoms with Crippen LogP contribution in [0, 0.1) is 18.7 Å². The third kappa shape index (κ3) is 3.17. The highest BCUT2D eigenvalue weighted by atomic mass is 35.5. The highest BCUT2D eigenvalue weighted by Gasteiger charge is 2.22. The Morgan fingerprint density at radius 2 is 1.88 bits per heavy atom. The summed E-state index contributed by atoms with van der Waals surface area (Å²) in [6, 6.07) is 4.24. The van der Waals surface area contributed by atoms with Gasteiger partial charge in [-0.1, -0.05) is 26.0 Å². The van der Waals surface area contributed by atoms with Crippen molar-refractivity contribution >= 4 is 12.4 Å². The van der Waals surface area contributed by atoms with Crippen molar-refractivity contribution in [2.75, 3.05) is 0 Å². The predicted octanol–water partition coefficient (Wildman–Crippen LogP) is 2.57. The van der Waals surface area contributed by atoms with Gasteiger partial charge in [-0.05, 0) is 30.0 Å². The molecule has 0 spiro atoms. The molecule has 0 fully saturated rings. The zero-order chi connectivity index (χ0) is 11.6. The van der Waals surface area contributed by atoms with Crippen molar-refractivity contribution in [1.29, 1.82) is 0 Å². The molecule has 1 aromatic rings. The largest absolute Gasteiger partial charge is 0.391 e. The van der Waals surface area contributed by atoms with E-state index < -0.39 is 12.1 Å². The first-order chi connectivity index (χ1) is 6.95. The molecule has 0 saturated carbocycles.